The van der Waals surface area contributed by atoms with E-state index in [1.165, 1.54) is 11.8 Å². The monoisotopic (exact) mass is 430 g/mol. The molecule has 162 valence electrons. The number of nitrogens with zero attached hydrogens (tertiary/aromatic N) is 3. The summed E-state index contributed by atoms with van der Waals surface area (Å²) in [7, 11) is 0. The molecule has 0 spiro atoms. The van der Waals surface area contributed by atoms with Crippen molar-refractivity contribution in [3.05, 3.63) is 41.4 Å². The van der Waals surface area contributed by atoms with Crippen LogP contribution >= 0.6 is 11.8 Å². The van der Waals surface area contributed by atoms with Crippen LogP contribution in [0.15, 0.2) is 33.9 Å². The van der Waals surface area contributed by atoms with Crippen LogP contribution in [-0.2, 0) is 10.5 Å². The van der Waals surface area contributed by atoms with Gasteiger partial charge in [0.15, 0.2) is 0 Å². The molecule has 7 nitrogen and oxygen atoms in total. The standard InChI is InChI=1S/C22H30N4O3S/c1-3-4-5-10-23-20(27)17-8-12-26(13-9-17)22(28)19-7-6-11-24-21(19)30-15-18-14-16(2)29-25-18/h6-7,11,14,17H,3-5,8-10,12-13,15H2,1-2H3,(H,23,27). The average molecular weight is 431 g/mol. The van der Waals surface area contributed by atoms with E-state index in [1.807, 2.05) is 24.0 Å². The van der Waals surface area contributed by atoms with E-state index in [0.29, 0.717) is 42.3 Å². The van der Waals surface area contributed by atoms with Crippen molar-refractivity contribution in [3.63, 3.8) is 0 Å². The molecule has 0 radical (unpaired) electrons. The number of aryl methyl sites for hydroxylation is 1. The Bertz CT molecular complexity index is 846. The second kappa shape index (κ2) is 11.2. The molecule has 1 saturated heterocycles. The number of rotatable bonds is 9. The summed E-state index contributed by atoms with van der Waals surface area (Å²) in [4.78, 5) is 31.7. The van der Waals surface area contributed by atoms with Crippen molar-refractivity contribution in [2.75, 3.05) is 19.6 Å². The minimum absolute atomic E-state index is 0.00572. The zero-order chi connectivity index (χ0) is 21.3. The summed E-state index contributed by atoms with van der Waals surface area (Å²) in [6, 6.07) is 5.49. The Morgan fingerprint density at radius 3 is 2.80 bits per heavy atom. The highest BCUT2D eigenvalue weighted by Gasteiger charge is 2.28. The Hall–Kier alpha value is -2.35. The number of hydrogen-bond donors (Lipinski definition) is 1. The molecule has 1 fully saturated rings. The lowest BCUT2D eigenvalue weighted by atomic mass is 9.95. The molecule has 3 rings (SSSR count). The van der Waals surface area contributed by atoms with Gasteiger partial charge in [-0.2, -0.15) is 0 Å². The molecule has 0 saturated carbocycles. The molecular formula is C22H30N4O3S. The number of unbranched alkanes of at least 4 members (excludes halogenated alkanes) is 2. The zero-order valence-electron chi connectivity index (χ0n) is 17.7. The molecule has 2 aromatic rings. The third-order valence-corrected chi connectivity index (χ3v) is 6.31. The summed E-state index contributed by atoms with van der Waals surface area (Å²) in [5, 5.41) is 7.72. The Morgan fingerprint density at radius 2 is 2.10 bits per heavy atom. The minimum atomic E-state index is -0.0243. The molecule has 0 bridgehead atoms. The molecule has 8 heteroatoms. The van der Waals surface area contributed by atoms with Gasteiger partial charge in [-0.1, -0.05) is 36.7 Å². The third-order valence-electron chi connectivity index (χ3n) is 5.27. The van der Waals surface area contributed by atoms with Crippen molar-refractivity contribution >= 4 is 23.6 Å². The van der Waals surface area contributed by atoms with Gasteiger partial charge in [0.2, 0.25) is 5.91 Å². The van der Waals surface area contributed by atoms with E-state index >= 15 is 0 Å². The van der Waals surface area contributed by atoms with Crippen molar-refractivity contribution < 1.29 is 14.1 Å². The number of pyridine rings is 1. The maximum Gasteiger partial charge on any atom is 0.256 e. The van der Waals surface area contributed by atoms with Gasteiger partial charge in [-0.3, -0.25) is 9.59 Å². The third kappa shape index (κ3) is 6.08. The second-order valence-electron chi connectivity index (χ2n) is 7.64. The number of carbonyl (C=O) groups excluding carboxylic acids is 2. The largest absolute Gasteiger partial charge is 0.361 e. The first-order chi connectivity index (χ1) is 14.6. The molecule has 0 aromatic carbocycles. The number of likely N-dealkylation sites (tertiary alicyclic amines) is 1. The van der Waals surface area contributed by atoms with Crippen molar-refractivity contribution in [2.45, 2.75) is 56.7 Å². The van der Waals surface area contributed by atoms with Crippen LogP contribution in [-0.4, -0.2) is 46.5 Å². The van der Waals surface area contributed by atoms with Crippen LogP contribution in [0.3, 0.4) is 0 Å². The molecule has 0 aliphatic carbocycles. The number of carbonyl (C=O) groups is 2. The lowest BCUT2D eigenvalue weighted by Crippen LogP contribution is -2.43. The van der Waals surface area contributed by atoms with Crippen molar-refractivity contribution in [1.82, 2.24) is 20.4 Å². The minimum Gasteiger partial charge on any atom is -0.361 e. The molecule has 1 aliphatic rings. The van der Waals surface area contributed by atoms with Gasteiger partial charge in [-0.15, -0.1) is 0 Å². The summed E-state index contributed by atoms with van der Waals surface area (Å²) in [5.41, 5.74) is 1.43. The van der Waals surface area contributed by atoms with Crippen LogP contribution in [0.4, 0.5) is 0 Å². The Morgan fingerprint density at radius 1 is 1.30 bits per heavy atom. The average Bonchev–Trinajstić information content (AvgIpc) is 3.20. The molecule has 0 atom stereocenters. The van der Waals surface area contributed by atoms with Crippen LogP contribution in [0, 0.1) is 12.8 Å². The van der Waals surface area contributed by atoms with Crippen LogP contribution < -0.4 is 5.32 Å². The lowest BCUT2D eigenvalue weighted by molar-refractivity contribution is -0.126. The number of aromatic nitrogens is 2. The first-order valence-corrected chi connectivity index (χ1v) is 11.6. The quantitative estimate of drug-likeness (QED) is 0.480. The van der Waals surface area contributed by atoms with Gasteiger partial charge >= 0.3 is 0 Å². The Balaban J connectivity index is 1.53. The molecule has 30 heavy (non-hydrogen) atoms. The fourth-order valence-electron chi connectivity index (χ4n) is 3.54. The number of amides is 2. The highest BCUT2D eigenvalue weighted by molar-refractivity contribution is 7.98. The van der Waals surface area contributed by atoms with E-state index in [2.05, 4.69) is 22.4 Å². The smallest absolute Gasteiger partial charge is 0.256 e. The van der Waals surface area contributed by atoms with Gasteiger partial charge in [-0.05, 0) is 38.3 Å². The summed E-state index contributed by atoms with van der Waals surface area (Å²) in [6.45, 7) is 5.93. The van der Waals surface area contributed by atoms with Crippen molar-refractivity contribution in [1.29, 1.82) is 0 Å². The SMILES string of the molecule is CCCCCNC(=O)C1CCN(C(=O)c2cccnc2SCc2cc(C)on2)CC1. The highest BCUT2D eigenvalue weighted by atomic mass is 32.2. The molecule has 2 aromatic heterocycles. The fraction of sp³-hybridized carbons (Fsp3) is 0.545. The second-order valence-corrected chi connectivity index (χ2v) is 8.60. The molecule has 0 unspecified atom stereocenters. The molecule has 2 amide bonds. The number of nitrogens with one attached hydrogen (secondary N) is 1. The molecule has 1 N–H and O–H groups in total. The van der Waals surface area contributed by atoms with Crippen molar-refractivity contribution in [3.8, 4) is 0 Å². The number of thioether (sulfide) groups is 1. The number of hydrogen-bond acceptors (Lipinski definition) is 6. The first kappa shape index (κ1) is 22.3. The van der Waals surface area contributed by atoms with E-state index in [9.17, 15) is 9.59 Å². The lowest BCUT2D eigenvalue weighted by Gasteiger charge is -2.31. The van der Waals surface area contributed by atoms with E-state index in [-0.39, 0.29) is 17.7 Å². The van der Waals surface area contributed by atoms with Gasteiger partial charge < -0.3 is 14.7 Å². The topological polar surface area (TPSA) is 88.3 Å². The van der Waals surface area contributed by atoms with Gasteiger partial charge in [0, 0.05) is 43.6 Å². The van der Waals surface area contributed by atoms with Gasteiger partial charge in [0.25, 0.3) is 5.91 Å². The predicted molar refractivity (Wildman–Crippen MR) is 116 cm³/mol. The molecule has 1 aliphatic heterocycles. The Kier molecular flexibility index (Phi) is 8.30. The van der Waals surface area contributed by atoms with Crippen LogP contribution in [0.2, 0.25) is 0 Å². The van der Waals surface area contributed by atoms with E-state index in [4.69, 9.17) is 4.52 Å². The summed E-state index contributed by atoms with van der Waals surface area (Å²) in [5.74, 6) is 1.45. The van der Waals surface area contributed by atoms with E-state index in [1.54, 1.807) is 12.3 Å². The van der Waals surface area contributed by atoms with Crippen LogP contribution in [0.1, 0.15) is 60.8 Å². The van der Waals surface area contributed by atoms with Gasteiger partial charge in [-0.25, -0.2) is 4.98 Å². The summed E-state index contributed by atoms with van der Waals surface area (Å²) >= 11 is 1.48. The summed E-state index contributed by atoms with van der Waals surface area (Å²) in [6.07, 6.45) is 6.40. The predicted octanol–water partition coefficient (Wildman–Crippen LogP) is 3.83. The van der Waals surface area contributed by atoms with Crippen LogP contribution in [0.5, 0.6) is 0 Å². The number of piperidine rings is 1. The normalized spacial score (nSPS) is 14.7. The summed E-state index contributed by atoms with van der Waals surface area (Å²) < 4.78 is 5.10. The zero-order valence-corrected chi connectivity index (χ0v) is 18.5. The van der Waals surface area contributed by atoms with Crippen LogP contribution in [0.25, 0.3) is 0 Å². The molecule has 3 heterocycles. The van der Waals surface area contributed by atoms with Gasteiger partial charge in [0.1, 0.15) is 10.8 Å². The van der Waals surface area contributed by atoms with E-state index < -0.39 is 0 Å². The maximum atomic E-state index is 13.1. The van der Waals surface area contributed by atoms with Crippen molar-refractivity contribution in [2.24, 2.45) is 5.92 Å². The highest BCUT2D eigenvalue weighted by Crippen LogP contribution is 2.26. The van der Waals surface area contributed by atoms with E-state index in [0.717, 1.165) is 37.3 Å². The fourth-order valence-corrected chi connectivity index (χ4v) is 4.41. The first-order valence-electron chi connectivity index (χ1n) is 10.7. The molecular weight excluding hydrogens is 400 g/mol. The van der Waals surface area contributed by atoms with Gasteiger partial charge in [0.05, 0.1) is 11.3 Å². The Labute approximate surface area is 182 Å². The maximum absolute atomic E-state index is 13.1.